The molecule has 1 saturated carbocycles. The smallest absolute Gasteiger partial charge is 0.252 e. The van der Waals surface area contributed by atoms with Gasteiger partial charge in [-0.1, -0.05) is 11.6 Å². The second-order valence-electron chi connectivity index (χ2n) is 5.71. The number of carbonyl (C=O) groups is 1. The van der Waals surface area contributed by atoms with Crippen molar-refractivity contribution in [2.75, 3.05) is 6.54 Å². The van der Waals surface area contributed by atoms with Gasteiger partial charge in [-0.15, -0.1) is 10.2 Å². The van der Waals surface area contributed by atoms with E-state index in [-0.39, 0.29) is 5.91 Å². The molecule has 0 bridgehead atoms. The fourth-order valence-corrected chi connectivity index (χ4v) is 2.59. The molecule has 0 saturated heterocycles. The number of halogens is 1. The topological polar surface area (TPSA) is 72.2 Å². The van der Waals surface area contributed by atoms with Crippen LogP contribution in [0.15, 0.2) is 36.8 Å². The third kappa shape index (κ3) is 2.90. The van der Waals surface area contributed by atoms with Crippen LogP contribution in [0.5, 0.6) is 0 Å². The minimum absolute atomic E-state index is 0.0809. The van der Waals surface area contributed by atoms with Crippen molar-refractivity contribution >= 4 is 23.2 Å². The number of pyridine rings is 2. The maximum atomic E-state index is 12.2. The molecule has 0 atom stereocenters. The first-order chi connectivity index (χ1) is 11.2. The zero-order valence-corrected chi connectivity index (χ0v) is 13.0. The molecule has 1 N–H and O–H groups in total. The van der Waals surface area contributed by atoms with Crippen LogP contribution in [0.4, 0.5) is 0 Å². The highest BCUT2D eigenvalue weighted by Gasteiger charge is 2.22. The molecule has 1 aliphatic rings. The molecule has 6 nitrogen and oxygen atoms in total. The lowest BCUT2D eigenvalue weighted by molar-refractivity contribution is 0.0951. The molecule has 4 rings (SSSR count). The third-order valence-corrected chi connectivity index (χ3v) is 4.08. The fraction of sp³-hybridized carbons (Fsp3) is 0.250. The molecule has 0 radical (unpaired) electrons. The van der Waals surface area contributed by atoms with Crippen LogP contribution in [0.2, 0.25) is 5.02 Å². The molecular weight excluding hydrogens is 314 g/mol. The summed E-state index contributed by atoms with van der Waals surface area (Å²) in [5.74, 6) is 1.17. The SMILES string of the molecule is O=C(NCC1CC1)c1ccc2nnc(-c3cncc(Cl)c3)n2c1. The van der Waals surface area contributed by atoms with Crippen molar-refractivity contribution in [3.63, 3.8) is 0 Å². The number of fused-ring (bicyclic) bond motifs is 1. The van der Waals surface area contributed by atoms with Gasteiger partial charge in [0.15, 0.2) is 11.5 Å². The normalized spacial score (nSPS) is 14.1. The van der Waals surface area contributed by atoms with Crippen LogP contribution < -0.4 is 5.32 Å². The van der Waals surface area contributed by atoms with Gasteiger partial charge in [-0.3, -0.25) is 14.2 Å². The highest BCUT2D eigenvalue weighted by atomic mass is 35.5. The minimum atomic E-state index is -0.0809. The quantitative estimate of drug-likeness (QED) is 0.799. The average Bonchev–Trinajstić information content (AvgIpc) is 3.29. The Morgan fingerprint density at radius 1 is 1.30 bits per heavy atom. The summed E-state index contributed by atoms with van der Waals surface area (Å²) in [7, 11) is 0. The lowest BCUT2D eigenvalue weighted by atomic mass is 10.2. The molecule has 1 fully saturated rings. The zero-order chi connectivity index (χ0) is 15.8. The highest BCUT2D eigenvalue weighted by molar-refractivity contribution is 6.30. The Morgan fingerprint density at radius 3 is 2.96 bits per heavy atom. The monoisotopic (exact) mass is 327 g/mol. The van der Waals surface area contributed by atoms with Crippen LogP contribution in [-0.2, 0) is 0 Å². The van der Waals surface area contributed by atoms with E-state index in [0.717, 1.165) is 12.1 Å². The average molecular weight is 328 g/mol. The van der Waals surface area contributed by atoms with Gasteiger partial charge in [-0.05, 0) is 37.0 Å². The summed E-state index contributed by atoms with van der Waals surface area (Å²) in [6.45, 7) is 0.740. The molecule has 23 heavy (non-hydrogen) atoms. The third-order valence-electron chi connectivity index (χ3n) is 3.88. The molecule has 116 valence electrons. The van der Waals surface area contributed by atoms with Crippen LogP contribution in [0.1, 0.15) is 23.2 Å². The van der Waals surface area contributed by atoms with Gasteiger partial charge in [-0.25, -0.2) is 0 Å². The first kappa shape index (κ1) is 14.1. The van der Waals surface area contributed by atoms with Crippen LogP contribution in [-0.4, -0.2) is 32.0 Å². The number of amides is 1. The summed E-state index contributed by atoms with van der Waals surface area (Å²) in [4.78, 5) is 16.3. The van der Waals surface area contributed by atoms with Crippen molar-refractivity contribution in [1.82, 2.24) is 24.9 Å². The Hall–Kier alpha value is -2.47. The number of rotatable bonds is 4. The lowest BCUT2D eigenvalue weighted by Gasteiger charge is -2.06. The van der Waals surface area contributed by atoms with Gasteiger partial charge in [0, 0.05) is 30.7 Å². The summed E-state index contributed by atoms with van der Waals surface area (Å²) in [6.07, 6.45) is 7.38. The molecule has 0 aromatic carbocycles. The number of nitrogens with one attached hydrogen (secondary N) is 1. The van der Waals surface area contributed by atoms with Crippen molar-refractivity contribution in [2.45, 2.75) is 12.8 Å². The van der Waals surface area contributed by atoms with E-state index < -0.39 is 0 Å². The molecule has 7 heteroatoms. The highest BCUT2D eigenvalue weighted by Crippen LogP contribution is 2.27. The second kappa shape index (κ2) is 5.62. The number of aromatic nitrogens is 4. The second-order valence-corrected chi connectivity index (χ2v) is 6.15. The molecule has 1 aliphatic carbocycles. The van der Waals surface area contributed by atoms with Gasteiger partial charge < -0.3 is 5.32 Å². The molecule has 0 unspecified atom stereocenters. The van der Waals surface area contributed by atoms with Crippen LogP contribution in [0, 0.1) is 5.92 Å². The van der Waals surface area contributed by atoms with Crippen molar-refractivity contribution < 1.29 is 4.79 Å². The van der Waals surface area contributed by atoms with E-state index >= 15 is 0 Å². The fourth-order valence-electron chi connectivity index (χ4n) is 2.42. The number of carbonyl (C=O) groups excluding carboxylic acids is 1. The van der Waals surface area contributed by atoms with Gasteiger partial charge in [0.25, 0.3) is 5.91 Å². The maximum absolute atomic E-state index is 12.2. The van der Waals surface area contributed by atoms with E-state index in [1.54, 1.807) is 41.2 Å². The molecular formula is C16H14ClN5O. The lowest BCUT2D eigenvalue weighted by Crippen LogP contribution is -2.25. The predicted octanol–water partition coefficient (Wildman–Crippen LogP) is 2.58. The summed E-state index contributed by atoms with van der Waals surface area (Å²) >= 11 is 5.99. The minimum Gasteiger partial charge on any atom is -0.352 e. The van der Waals surface area contributed by atoms with Crippen molar-refractivity contribution in [3.05, 3.63) is 47.4 Å². The summed E-state index contributed by atoms with van der Waals surface area (Å²) in [5.41, 5.74) is 1.99. The molecule has 3 aromatic rings. The van der Waals surface area contributed by atoms with E-state index in [1.807, 2.05) is 0 Å². The van der Waals surface area contributed by atoms with Crippen LogP contribution in [0.3, 0.4) is 0 Å². The van der Waals surface area contributed by atoms with Crippen LogP contribution in [0.25, 0.3) is 17.0 Å². The van der Waals surface area contributed by atoms with Crippen molar-refractivity contribution in [2.24, 2.45) is 5.92 Å². The molecule has 3 heterocycles. The Morgan fingerprint density at radius 2 is 2.17 bits per heavy atom. The standard InChI is InChI=1S/C16H14ClN5O/c17-13-5-12(7-18-8-13)15-21-20-14-4-3-11(9-22(14)15)16(23)19-6-10-1-2-10/h3-5,7-10H,1-2,6H2,(H,19,23). The van der Waals surface area contributed by atoms with E-state index in [0.29, 0.717) is 28.0 Å². The summed E-state index contributed by atoms with van der Waals surface area (Å²) < 4.78 is 1.78. The van der Waals surface area contributed by atoms with Gasteiger partial charge in [0.05, 0.1) is 10.6 Å². The first-order valence-electron chi connectivity index (χ1n) is 7.44. The zero-order valence-electron chi connectivity index (χ0n) is 12.2. The van der Waals surface area contributed by atoms with Gasteiger partial charge in [0.2, 0.25) is 0 Å². The first-order valence-corrected chi connectivity index (χ1v) is 7.82. The maximum Gasteiger partial charge on any atom is 0.252 e. The summed E-state index contributed by atoms with van der Waals surface area (Å²) in [5, 5.41) is 11.8. The molecule has 3 aromatic heterocycles. The van der Waals surface area contributed by atoms with Crippen molar-refractivity contribution in [3.8, 4) is 11.4 Å². The summed E-state index contributed by atoms with van der Waals surface area (Å²) in [6, 6.07) is 5.30. The Labute approximate surface area is 137 Å². The number of nitrogens with zero attached hydrogens (tertiary/aromatic N) is 4. The molecule has 0 aliphatic heterocycles. The number of hydrogen-bond donors (Lipinski definition) is 1. The van der Waals surface area contributed by atoms with Gasteiger partial charge in [-0.2, -0.15) is 0 Å². The van der Waals surface area contributed by atoms with Gasteiger partial charge in [0.1, 0.15) is 0 Å². The Bertz CT molecular complexity index is 887. The molecule has 1 amide bonds. The molecule has 0 spiro atoms. The Kier molecular flexibility index (Phi) is 3.46. The van der Waals surface area contributed by atoms with Gasteiger partial charge >= 0.3 is 0 Å². The van der Waals surface area contributed by atoms with E-state index in [1.165, 1.54) is 12.8 Å². The van der Waals surface area contributed by atoms with Crippen LogP contribution >= 0.6 is 11.6 Å². The van der Waals surface area contributed by atoms with E-state index in [4.69, 9.17) is 11.6 Å². The van der Waals surface area contributed by atoms with E-state index in [9.17, 15) is 4.79 Å². The van der Waals surface area contributed by atoms with Crippen molar-refractivity contribution in [1.29, 1.82) is 0 Å². The number of hydrogen-bond acceptors (Lipinski definition) is 4. The predicted molar refractivity (Wildman–Crippen MR) is 86.3 cm³/mol. The Balaban J connectivity index is 1.69. The largest absolute Gasteiger partial charge is 0.352 e. The van der Waals surface area contributed by atoms with E-state index in [2.05, 4.69) is 20.5 Å².